The predicted molar refractivity (Wildman–Crippen MR) is 131 cm³/mol. The van der Waals surface area contributed by atoms with Crippen molar-refractivity contribution in [2.45, 2.75) is 6.54 Å². The highest BCUT2D eigenvalue weighted by molar-refractivity contribution is 7.92. The molecule has 0 heterocycles. The fourth-order valence-electron chi connectivity index (χ4n) is 3.11. The van der Waals surface area contributed by atoms with E-state index < -0.39 is 15.9 Å². The van der Waals surface area contributed by atoms with Crippen LogP contribution in [0.2, 0.25) is 10.0 Å². The molecule has 1 N–H and O–H groups in total. The Bertz CT molecular complexity index is 1240. The van der Waals surface area contributed by atoms with Gasteiger partial charge in [0.1, 0.15) is 11.5 Å². The summed E-state index contributed by atoms with van der Waals surface area (Å²) in [5.41, 5.74) is 1.62. The van der Waals surface area contributed by atoms with E-state index in [2.05, 4.69) is 5.32 Å². The van der Waals surface area contributed by atoms with Gasteiger partial charge in [0.05, 0.1) is 38.4 Å². The van der Waals surface area contributed by atoms with Crippen LogP contribution < -0.4 is 19.1 Å². The first-order valence-corrected chi connectivity index (χ1v) is 12.3. The molecule has 0 unspecified atom stereocenters. The van der Waals surface area contributed by atoms with E-state index >= 15 is 0 Å². The molecule has 0 aliphatic rings. The summed E-state index contributed by atoms with van der Waals surface area (Å²) in [4.78, 5) is 12.8. The minimum absolute atomic E-state index is 0.0517. The molecule has 33 heavy (non-hydrogen) atoms. The number of sulfonamides is 1. The Labute approximate surface area is 202 Å². The topological polar surface area (TPSA) is 84.9 Å². The second-order valence-electron chi connectivity index (χ2n) is 7.04. The van der Waals surface area contributed by atoms with Crippen LogP contribution in [0, 0.1) is 0 Å². The van der Waals surface area contributed by atoms with Crippen LogP contribution in [-0.4, -0.2) is 34.8 Å². The molecule has 0 fully saturated rings. The van der Waals surface area contributed by atoms with E-state index in [1.165, 1.54) is 30.7 Å². The Morgan fingerprint density at radius 1 is 0.970 bits per heavy atom. The summed E-state index contributed by atoms with van der Waals surface area (Å²) in [7, 11) is -0.642. The normalized spacial score (nSPS) is 11.1. The van der Waals surface area contributed by atoms with Crippen LogP contribution in [0.25, 0.3) is 0 Å². The standard InChI is InChI=1S/C23H22Cl2N2O5S/c1-31-17-11-12-22(32-2)21(13-17)26-23(28)15-7-9-16(10-8-15)27(33(3,29)30)14-18-19(24)5-4-6-20(18)25/h4-13H,14H2,1-3H3,(H,26,28). The van der Waals surface area contributed by atoms with Gasteiger partial charge < -0.3 is 14.8 Å². The molecule has 1 amide bonds. The molecule has 10 heteroatoms. The number of rotatable bonds is 8. The number of methoxy groups -OCH3 is 2. The number of hydrogen-bond donors (Lipinski definition) is 1. The van der Waals surface area contributed by atoms with Gasteiger partial charge in [-0.2, -0.15) is 0 Å². The van der Waals surface area contributed by atoms with Crippen molar-refractivity contribution in [3.05, 3.63) is 81.8 Å². The van der Waals surface area contributed by atoms with Gasteiger partial charge in [-0.15, -0.1) is 0 Å². The first-order chi connectivity index (χ1) is 15.6. The number of hydrogen-bond acceptors (Lipinski definition) is 5. The number of anilines is 2. The molecule has 0 saturated heterocycles. The molecule has 7 nitrogen and oxygen atoms in total. The molecule has 0 saturated carbocycles. The molecule has 0 aliphatic heterocycles. The van der Waals surface area contributed by atoms with Gasteiger partial charge in [0.15, 0.2) is 0 Å². The van der Waals surface area contributed by atoms with Crippen LogP contribution in [0.15, 0.2) is 60.7 Å². The van der Waals surface area contributed by atoms with Gasteiger partial charge in [-0.05, 0) is 48.5 Å². The maximum atomic E-state index is 12.8. The molecular weight excluding hydrogens is 487 g/mol. The first kappa shape index (κ1) is 24.7. The van der Waals surface area contributed by atoms with Crippen molar-refractivity contribution in [2.24, 2.45) is 0 Å². The van der Waals surface area contributed by atoms with E-state index in [0.717, 1.165) is 6.26 Å². The Morgan fingerprint density at radius 2 is 1.61 bits per heavy atom. The van der Waals surface area contributed by atoms with Crippen molar-refractivity contribution in [1.29, 1.82) is 0 Å². The lowest BCUT2D eigenvalue weighted by atomic mass is 10.1. The maximum absolute atomic E-state index is 12.8. The highest BCUT2D eigenvalue weighted by Crippen LogP contribution is 2.31. The zero-order chi connectivity index (χ0) is 24.2. The van der Waals surface area contributed by atoms with Crippen molar-refractivity contribution in [3.63, 3.8) is 0 Å². The lowest BCUT2D eigenvalue weighted by Crippen LogP contribution is -2.29. The number of ether oxygens (including phenoxy) is 2. The quantitative estimate of drug-likeness (QED) is 0.450. The number of halogens is 2. The molecular formula is C23H22Cl2N2O5S. The van der Waals surface area contributed by atoms with E-state index in [1.54, 1.807) is 48.5 Å². The van der Waals surface area contributed by atoms with E-state index in [0.29, 0.717) is 44.0 Å². The summed E-state index contributed by atoms with van der Waals surface area (Å²) in [6.45, 7) is -0.0517. The summed E-state index contributed by atoms with van der Waals surface area (Å²) < 4.78 is 36.6. The largest absolute Gasteiger partial charge is 0.497 e. The summed E-state index contributed by atoms with van der Waals surface area (Å²) in [5.74, 6) is 0.636. The van der Waals surface area contributed by atoms with Crippen LogP contribution in [0.1, 0.15) is 15.9 Å². The van der Waals surface area contributed by atoms with Crippen LogP contribution >= 0.6 is 23.2 Å². The Morgan fingerprint density at radius 3 is 2.15 bits per heavy atom. The smallest absolute Gasteiger partial charge is 0.255 e. The van der Waals surface area contributed by atoms with Crippen LogP contribution in [0.4, 0.5) is 11.4 Å². The van der Waals surface area contributed by atoms with Crippen molar-refractivity contribution < 1.29 is 22.7 Å². The zero-order valence-electron chi connectivity index (χ0n) is 18.1. The Hall–Kier alpha value is -2.94. The van der Waals surface area contributed by atoms with Crippen molar-refractivity contribution in [1.82, 2.24) is 0 Å². The number of nitrogens with one attached hydrogen (secondary N) is 1. The summed E-state index contributed by atoms with van der Waals surface area (Å²) in [6, 6.07) is 16.2. The summed E-state index contributed by atoms with van der Waals surface area (Å²) in [6.07, 6.45) is 1.09. The zero-order valence-corrected chi connectivity index (χ0v) is 20.5. The van der Waals surface area contributed by atoms with Crippen molar-refractivity contribution in [3.8, 4) is 11.5 Å². The third kappa shape index (κ3) is 5.90. The SMILES string of the molecule is COc1ccc(OC)c(NC(=O)c2ccc(N(Cc3c(Cl)cccc3Cl)S(C)(=O)=O)cc2)c1. The van der Waals surface area contributed by atoms with Gasteiger partial charge in [-0.3, -0.25) is 9.10 Å². The minimum Gasteiger partial charge on any atom is -0.497 e. The summed E-state index contributed by atoms with van der Waals surface area (Å²) in [5, 5.41) is 3.50. The molecule has 3 rings (SSSR count). The van der Waals surface area contributed by atoms with Gasteiger partial charge in [0.2, 0.25) is 10.0 Å². The van der Waals surface area contributed by atoms with Gasteiger partial charge in [0, 0.05) is 27.2 Å². The van der Waals surface area contributed by atoms with Gasteiger partial charge in [0.25, 0.3) is 5.91 Å². The van der Waals surface area contributed by atoms with Crippen LogP contribution in [0.3, 0.4) is 0 Å². The summed E-state index contributed by atoms with van der Waals surface area (Å²) >= 11 is 12.4. The second kappa shape index (κ2) is 10.3. The van der Waals surface area contributed by atoms with Crippen molar-refractivity contribution >= 4 is 50.5 Å². The van der Waals surface area contributed by atoms with E-state index in [-0.39, 0.29) is 6.54 Å². The maximum Gasteiger partial charge on any atom is 0.255 e. The molecule has 0 spiro atoms. The third-order valence-electron chi connectivity index (χ3n) is 4.84. The second-order valence-corrected chi connectivity index (χ2v) is 9.76. The average Bonchev–Trinajstić information content (AvgIpc) is 2.78. The Balaban J connectivity index is 1.86. The highest BCUT2D eigenvalue weighted by atomic mass is 35.5. The van der Waals surface area contributed by atoms with Gasteiger partial charge in [-0.25, -0.2) is 8.42 Å². The number of amides is 1. The molecule has 0 bridgehead atoms. The molecule has 0 radical (unpaired) electrons. The minimum atomic E-state index is -3.66. The average molecular weight is 509 g/mol. The molecule has 0 atom stereocenters. The number of benzene rings is 3. The fraction of sp³-hybridized carbons (Fsp3) is 0.174. The fourth-order valence-corrected chi connectivity index (χ4v) is 4.50. The first-order valence-electron chi connectivity index (χ1n) is 9.68. The molecule has 3 aromatic rings. The number of carbonyl (C=O) groups is 1. The van der Waals surface area contributed by atoms with Gasteiger partial charge in [-0.1, -0.05) is 29.3 Å². The highest BCUT2D eigenvalue weighted by Gasteiger charge is 2.21. The molecule has 174 valence electrons. The monoisotopic (exact) mass is 508 g/mol. The van der Waals surface area contributed by atoms with Crippen LogP contribution in [0.5, 0.6) is 11.5 Å². The number of carbonyl (C=O) groups excluding carboxylic acids is 1. The van der Waals surface area contributed by atoms with Crippen LogP contribution in [-0.2, 0) is 16.6 Å². The van der Waals surface area contributed by atoms with Crippen molar-refractivity contribution in [2.75, 3.05) is 30.1 Å². The van der Waals surface area contributed by atoms with E-state index in [4.69, 9.17) is 32.7 Å². The van der Waals surface area contributed by atoms with E-state index in [9.17, 15) is 13.2 Å². The van der Waals surface area contributed by atoms with Gasteiger partial charge >= 0.3 is 0 Å². The molecule has 3 aromatic carbocycles. The lowest BCUT2D eigenvalue weighted by molar-refractivity contribution is 0.102. The molecule has 0 aromatic heterocycles. The lowest BCUT2D eigenvalue weighted by Gasteiger charge is -2.23. The molecule has 0 aliphatic carbocycles. The number of nitrogens with zero attached hydrogens (tertiary/aromatic N) is 1. The third-order valence-corrected chi connectivity index (χ3v) is 6.68. The Kier molecular flexibility index (Phi) is 7.73. The predicted octanol–water partition coefficient (Wildman–Crippen LogP) is 5.23. The van der Waals surface area contributed by atoms with E-state index in [1.807, 2.05) is 0 Å².